The standard InChI is InChI=1S/C31H34OSi2/c1-5-14-28(15-6-1)24-33(25-29-16-7-2-8-17-29)23-13-22-32-34(33,26-30-18-9-3-10-19-30)27-31-20-11-4-12-21-31/h1-12,14-21H,13,22-27H2. The number of rotatable bonds is 8. The highest BCUT2D eigenvalue weighted by atomic mass is 29.3. The van der Waals surface area contributed by atoms with Crippen LogP contribution in [0.4, 0.5) is 0 Å². The Balaban J connectivity index is 1.65. The van der Waals surface area contributed by atoms with Crippen molar-refractivity contribution in [1.82, 2.24) is 0 Å². The van der Waals surface area contributed by atoms with E-state index in [1.54, 1.807) is 0 Å². The highest BCUT2D eigenvalue weighted by molar-refractivity contribution is 7.39. The van der Waals surface area contributed by atoms with Crippen LogP contribution in [0.15, 0.2) is 121 Å². The van der Waals surface area contributed by atoms with E-state index in [0.29, 0.717) is 0 Å². The average Bonchev–Trinajstić information content (AvgIpc) is 2.88. The van der Waals surface area contributed by atoms with E-state index in [4.69, 9.17) is 4.43 Å². The fourth-order valence-electron chi connectivity index (χ4n) is 5.98. The predicted molar refractivity (Wildman–Crippen MR) is 147 cm³/mol. The Morgan fingerprint density at radius 2 is 0.824 bits per heavy atom. The molecule has 1 nitrogen and oxygen atoms in total. The Bertz CT molecular complexity index is 969. The SMILES string of the molecule is c1ccc(C[Si]2(Cc3ccccc3)CCCO[Si]2(Cc2ccccc2)Cc2ccccc2)cc1. The van der Waals surface area contributed by atoms with Crippen LogP contribution in [0, 0.1) is 0 Å². The van der Waals surface area contributed by atoms with E-state index >= 15 is 0 Å². The topological polar surface area (TPSA) is 9.23 Å². The smallest absolute Gasteiger partial charge is 0.189 e. The van der Waals surface area contributed by atoms with Gasteiger partial charge in [-0.05, 0) is 41.7 Å². The molecule has 34 heavy (non-hydrogen) atoms. The normalized spacial score (nSPS) is 16.7. The van der Waals surface area contributed by atoms with Crippen molar-refractivity contribution in [3.63, 3.8) is 0 Å². The quantitative estimate of drug-likeness (QED) is 0.248. The molecule has 4 aromatic carbocycles. The molecule has 1 aliphatic heterocycles. The van der Waals surface area contributed by atoms with Crippen molar-refractivity contribution in [3.8, 4) is 0 Å². The first-order chi connectivity index (χ1) is 16.8. The van der Waals surface area contributed by atoms with Crippen molar-refractivity contribution >= 4 is 15.4 Å². The molecule has 172 valence electrons. The molecule has 1 heterocycles. The van der Waals surface area contributed by atoms with E-state index in [9.17, 15) is 0 Å². The van der Waals surface area contributed by atoms with Gasteiger partial charge in [-0.3, -0.25) is 0 Å². The van der Waals surface area contributed by atoms with Gasteiger partial charge in [0.2, 0.25) is 0 Å². The number of benzene rings is 4. The van der Waals surface area contributed by atoms with Crippen molar-refractivity contribution in [2.24, 2.45) is 0 Å². The zero-order valence-corrected chi connectivity index (χ0v) is 21.9. The lowest BCUT2D eigenvalue weighted by Crippen LogP contribution is -2.72. The fraction of sp³-hybridized carbons (Fsp3) is 0.226. The summed E-state index contributed by atoms with van der Waals surface area (Å²) < 4.78 is 7.23. The first-order valence-electron chi connectivity index (χ1n) is 12.6. The van der Waals surface area contributed by atoms with Crippen LogP contribution in [0.2, 0.25) is 6.04 Å². The monoisotopic (exact) mass is 478 g/mol. The van der Waals surface area contributed by atoms with Gasteiger partial charge >= 0.3 is 0 Å². The Morgan fingerprint density at radius 3 is 1.21 bits per heavy atom. The molecule has 5 rings (SSSR count). The van der Waals surface area contributed by atoms with Gasteiger partial charge in [0.25, 0.3) is 0 Å². The first-order valence-corrected chi connectivity index (χ1v) is 18.5. The Morgan fingerprint density at radius 1 is 0.471 bits per heavy atom. The van der Waals surface area contributed by atoms with Crippen molar-refractivity contribution < 1.29 is 4.43 Å². The highest BCUT2D eigenvalue weighted by Gasteiger charge is 2.57. The third-order valence-corrected chi connectivity index (χ3v) is 24.8. The number of hydrogen-bond donors (Lipinski definition) is 0. The van der Waals surface area contributed by atoms with Crippen LogP contribution < -0.4 is 0 Å². The second-order valence-electron chi connectivity index (χ2n) is 9.88. The molecule has 0 atom stereocenters. The molecular weight excluding hydrogens is 445 g/mol. The summed E-state index contributed by atoms with van der Waals surface area (Å²) in [6.45, 7) is 0.921. The first kappa shape index (κ1) is 23.0. The molecule has 1 aliphatic rings. The lowest BCUT2D eigenvalue weighted by atomic mass is 10.2. The molecule has 0 N–H and O–H groups in total. The van der Waals surface area contributed by atoms with Gasteiger partial charge < -0.3 is 4.43 Å². The minimum absolute atomic E-state index is 0.921. The van der Waals surface area contributed by atoms with Gasteiger partial charge in [0.05, 0.1) is 7.59 Å². The zero-order valence-electron chi connectivity index (χ0n) is 19.9. The molecule has 0 aliphatic carbocycles. The maximum absolute atomic E-state index is 7.23. The highest BCUT2D eigenvalue weighted by Crippen LogP contribution is 2.40. The molecule has 1 saturated heterocycles. The van der Waals surface area contributed by atoms with E-state index in [2.05, 4.69) is 121 Å². The molecule has 0 radical (unpaired) electrons. The van der Waals surface area contributed by atoms with Crippen molar-refractivity contribution in [2.75, 3.05) is 6.61 Å². The van der Waals surface area contributed by atoms with Crippen molar-refractivity contribution in [2.45, 2.75) is 36.6 Å². The Hall–Kier alpha value is -2.73. The van der Waals surface area contributed by atoms with Gasteiger partial charge in [-0.1, -0.05) is 138 Å². The minimum Gasteiger partial charge on any atom is -0.419 e. The summed E-state index contributed by atoms with van der Waals surface area (Å²) in [5.74, 6) is 0. The van der Waals surface area contributed by atoms with E-state index in [1.165, 1.54) is 46.8 Å². The summed E-state index contributed by atoms with van der Waals surface area (Å²) in [6.07, 6.45) is 1.20. The maximum Gasteiger partial charge on any atom is 0.189 e. The van der Waals surface area contributed by atoms with Gasteiger partial charge in [-0.25, -0.2) is 0 Å². The Kier molecular flexibility index (Phi) is 7.24. The second kappa shape index (κ2) is 10.7. The summed E-state index contributed by atoms with van der Waals surface area (Å²) in [5.41, 5.74) is 5.89. The van der Waals surface area contributed by atoms with Crippen LogP contribution in [0.5, 0.6) is 0 Å². The molecular formula is C31H34OSi2. The van der Waals surface area contributed by atoms with E-state index in [-0.39, 0.29) is 0 Å². The van der Waals surface area contributed by atoms with Crippen LogP contribution in [-0.2, 0) is 28.6 Å². The predicted octanol–water partition coefficient (Wildman–Crippen LogP) is 7.01. The fourth-order valence-corrected chi connectivity index (χ4v) is 23.9. The van der Waals surface area contributed by atoms with E-state index < -0.39 is 15.4 Å². The van der Waals surface area contributed by atoms with E-state index in [0.717, 1.165) is 18.7 Å². The number of hydrogen-bond acceptors (Lipinski definition) is 1. The summed E-state index contributed by atoms with van der Waals surface area (Å²) in [5, 5.41) is 0. The van der Waals surface area contributed by atoms with Crippen LogP contribution in [-0.4, -0.2) is 22.0 Å². The summed E-state index contributed by atoms with van der Waals surface area (Å²) >= 11 is 0. The Labute approximate surface area is 206 Å². The molecule has 4 aromatic rings. The lowest BCUT2D eigenvalue weighted by Gasteiger charge is -2.51. The van der Waals surface area contributed by atoms with Crippen LogP contribution in [0.3, 0.4) is 0 Å². The molecule has 0 amide bonds. The summed E-state index contributed by atoms with van der Waals surface area (Å²) in [4.78, 5) is 0. The lowest BCUT2D eigenvalue weighted by molar-refractivity contribution is 0.296. The van der Waals surface area contributed by atoms with Gasteiger partial charge in [0.1, 0.15) is 0 Å². The average molecular weight is 479 g/mol. The molecule has 0 spiro atoms. The largest absolute Gasteiger partial charge is 0.419 e. The zero-order chi connectivity index (χ0) is 23.1. The van der Waals surface area contributed by atoms with Crippen molar-refractivity contribution in [1.29, 1.82) is 0 Å². The third kappa shape index (κ3) is 5.17. The molecule has 0 unspecified atom stereocenters. The molecule has 0 aromatic heterocycles. The molecule has 0 bridgehead atoms. The molecule has 1 fully saturated rings. The maximum atomic E-state index is 7.23. The van der Waals surface area contributed by atoms with Gasteiger partial charge in [-0.2, -0.15) is 0 Å². The van der Waals surface area contributed by atoms with Crippen LogP contribution >= 0.6 is 0 Å². The summed E-state index contributed by atoms with van der Waals surface area (Å²) in [7, 11) is -4.06. The second-order valence-corrected chi connectivity index (χ2v) is 22.5. The van der Waals surface area contributed by atoms with Gasteiger partial charge in [-0.15, -0.1) is 0 Å². The van der Waals surface area contributed by atoms with Gasteiger partial charge in [0.15, 0.2) is 7.83 Å². The van der Waals surface area contributed by atoms with Crippen LogP contribution in [0.25, 0.3) is 0 Å². The molecule has 0 saturated carbocycles. The van der Waals surface area contributed by atoms with E-state index in [1.807, 2.05) is 0 Å². The third-order valence-electron chi connectivity index (χ3n) is 7.58. The minimum atomic E-state index is -2.17. The van der Waals surface area contributed by atoms with Gasteiger partial charge in [0, 0.05) is 6.61 Å². The summed E-state index contributed by atoms with van der Waals surface area (Å²) in [6, 6.07) is 50.9. The molecule has 3 heteroatoms. The van der Waals surface area contributed by atoms with Crippen LogP contribution in [0.1, 0.15) is 28.7 Å². The van der Waals surface area contributed by atoms with Crippen molar-refractivity contribution in [3.05, 3.63) is 144 Å².